The zero-order valence-corrected chi connectivity index (χ0v) is 17.4. The summed E-state index contributed by atoms with van der Waals surface area (Å²) >= 11 is 1.62. The summed E-state index contributed by atoms with van der Waals surface area (Å²) in [7, 11) is -0.402. The van der Waals surface area contributed by atoms with E-state index >= 15 is 0 Å². The second-order valence-corrected chi connectivity index (χ2v) is 9.80. The SMILES string of the molecule is CN(C)S(=O)(=O)NN1CCN(Cc2ccc3c(c2)Nc2nccnc2S3)CC1. The fraction of sp³-hybridized carbons (Fsp3) is 0.412. The van der Waals surface area contributed by atoms with Gasteiger partial charge in [0.25, 0.3) is 10.2 Å². The number of benzene rings is 1. The van der Waals surface area contributed by atoms with E-state index in [1.807, 2.05) is 0 Å². The van der Waals surface area contributed by atoms with Crippen molar-refractivity contribution in [1.82, 2.24) is 29.0 Å². The molecule has 11 heteroatoms. The third-order valence-corrected chi connectivity index (χ3v) is 7.19. The molecule has 1 fully saturated rings. The molecule has 2 aliphatic rings. The Balaban J connectivity index is 1.35. The topological polar surface area (TPSA) is 93.7 Å². The van der Waals surface area contributed by atoms with Gasteiger partial charge in [0, 0.05) is 64.1 Å². The molecule has 0 unspecified atom stereocenters. The highest BCUT2D eigenvalue weighted by atomic mass is 32.2. The van der Waals surface area contributed by atoms with Crippen LogP contribution in [0.25, 0.3) is 0 Å². The molecule has 0 saturated carbocycles. The molecule has 0 amide bonds. The fourth-order valence-corrected chi connectivity index (χ4v) is 4.63. The van der Waals surface area contributed by atoms with E-state index in [1.165, 1.54) is 24.0 Å². The number of hydrazine groups is 1. The maximum atomic E-state index is 11.9. The molecule has 2 aliphatic heterocycles. The van der Waals surface area contributed by atoms with Crippen molar-refractivity contribution in [2.24, 2.45) is 0 Å². The van der Waals surface area contributed by atoms with E-state index in [1.54, 1.807) is 29.2 Å². The number of piperazine rings is 1. The quantitative estimate of drug-likeness (QED) is 0.633. The molecule has 0 atom stereocenters. The zero-order valence-electron chi connectivity index (χ0n) is 15.8. The third kappa shape index (κ3) is 4.29. The number of hydrogen-bond acceptors (Lipinski definition) is 8. The maximum absolute atomic E-state index is 11.9. The molecule has 2 N–H and O–H groups in total. The molecule has 1 aromatic carbocycles. The highest BCUT2D eigenvalue weighted by Crippen LogP contribution is 2.42. The molecule has 28 heavy (non-hydrogen) atoms. The lowest BCUT2D eigenvalue weighted by Crippen LogP contribution is -2.55. The smallest absolute Gasteiger partial charge is 0.291 e. The van der Waals surface area contributed by atoms with Crippen LogP contribution in [0, 0.1) is 0 Å². The monoisotopic (exact) mass is 421 g/mol. The fourth-order valence-electron chi connectivity index (χ4n) is 3.08. The van der Waals surface area contributed by atoms with Gasteiger partial charge in [-0.2, -0.15) is 12.7 Å². The summed E-state index contributed by atoms with van der Waals surface area (Å²) in [5.41, 5.74) is 2.26. The van der Waals surface area contributed by atoms with Crippen LogP contribution in [0.2, 0.25) is 0 Å². The van der Waals surface area contributed by atoms with Gasteiger partial charge in [-0.15, -0.1) is 4.83 Å². The van der Waals surface area contributed by atoms with Crippen molar-refractivity contribution in [2.45, 2.75) is 16.5 Å². The van der Waals surface area contributed by atoms with E-state index in [2.05, 4.69) is 43.2 Å². The largest absolute Gasteiger partial charge is 0.337 e. The first-order chi connectivity index (χ1) is 13.4. The van der Waals surface area contributed by atoms with Gasteiger partial charge >= 0.3 is 0 Å². The number of hydrogen-bond donors (Lipinski definition) is 2. The zero-order chi connectivity index (χ0) is 19.7. The molecular formula is C17H23N7O2S2. The van der Waals surface area contributed by atoms with Gasteiger partial charge in [-0.05, 0) is 17.7 Å². The Kier molecular flexibility index (Phi) is 5.54. The lowest BCUT2D eigenvalue weighted by atomic mass is 10.1. The van der Waals surface area contributed by atoms with Crippen molar-refractivity contribution in [3.63, 3.8) is 0 Å². The average Bonchev–Trinajstić information content (AvgIpc) is 2.67. The van der Waals surface area contributed by atoms with Crippen LogP contribution in [0.1, 0.15) is 5.56 Å². The highest BCUT2D eigenvalue weighted by Gasteiger charge is 2.23. The average molecular weight is 422 g/mol. The van der Waals surface area contributed by atoms with Crippen molar-refractivity contribution >= 4 is 33.5 Å². The van der Waals surface area contributed by atoms with Crippen molar-refractivity contribution in [3.05, 3.63) is 36.2 Å². The van der Waals surface area contributed by atoms with Gasteiger partial charge in [0.1, 0.15) is 5.03 Å². The summed E-state index contributed by atoms with van der Waals surface area (Å²) in [6.07, 6.45) is 3.39. The number of rotatable bonds is 5. The Labute approximate surface area is 169 Å². The van der Waals surface area contributed by atoms with Gasteiger partial charge in [0.05, 0.1) is 5.69 Å². The lowest BCUT2D eigenvalue weighted by molar-refractivity contribution is 0.109. The van der Waals surface area contributed by atoms with Crippen LogP contribution in [0.3, 0.4) is 0 Å². The summed E-state index contributed by atoms with van der Waals surface area (Å²) in [5, 5.41) is 6.00. The van der Waals surface area contributed by atoms with Gasteiger partial charge in [-0.3, -0.25) is 4.90 Å². The van der Waals surface area contributed by atoms with Crippen LogP contribution in [-0.4, -0.2) is 72.9 Å². The second-order valence-electron chi connectivity index (χ2n) is 6.91. The second kappa shape index (κ2) is 7.93. The van der Waals surface area contributed by atoms with Crippen LogP contribution in [-0.2, 0) is 16.8 Å². The van der Waals surface area contributed by atoms with Crippen LogP contribution in [0.5, 0.6) is 0 Å². The molecule has 1 aromatic heterocycles. The summed E-state index contributed by atoms with van der Waals surface area (Å²) < 4.78 is 25.1. The minimum Gasteiger partial charge on any atom is -0.337 e. The molecular weight excluding hydrogens is 398 g/mol. The molecule has 2 aromatic rings. The van der Waals surface area contributed by atoms with Crippen molar-refractivity contribution in [2.75, 3.05) is 45.6 Å². The van der Waals surface area contributed by atoms with E-state index < -0.39 is 10.2 Å². The van der Waals surface area contributed by atoms with Crippen LogP contribution in [0.15, 0.2) is 40.5 Å². The minimum absolute atomic E-state index is 0.648. The van der Waals surface area contributed by atoms with Gasteiger partial charge in [0.15, 0.2) is 5.82 Å². The van der Waals surface area contributed by atoms with E-state index in [4.69, 9.17) is 0 Å². The van der Waals surface area contributed by atoms with Gasteiger partial charge in [-0.1, -0.05) is 17.8 Å². The third-order valence-electron chi connectivity index (χ3n) is 4.67. The first kappa shape index (κ1) is 19.6. The van der Waals surface area contributed by atoms with E-state index in [0.29, 0.717) is 13.1 Å². The summed E-state index contributed by atoms with van der Waals surface area (Å²) in [4.78, 5) is 14.8. The molecule has 9 nitrogen and oxygen atoms in total. The summed E-state index contributed by atoms with van der Waals surface area (Å²) in [6.45, 7) is 3.71. The van der Waals surface area contributed by atoms with Gasteiger partial charge in [-0.25, -0.2) is 15.0 Å². The molecule has 150 valence electrons. The normalized spacial score (nSPS) is 17.8. The Morgan fingerprint density at radius 2 is 1.93 bits per heavy atom. The van der Waals surface area contributed by atoms with Crippen LogP contribution < -0.4 is 10.1 Å². The Morgan fingerprint density at radius 3 is 2.68 bits per heavy atom. The number of fused-ring (bicyclic) bond motifs is 2. The highest BCUT2D eigenvalue weighted by molar-refractivity contribution is 7.99. The summed E-state index contributed by atoms with van der Waals surface area (Å²) in [5.74, 6) is 0.791. The molecule has 4 rings (SSSR count). The van der Waals surface area contributed by atoms with Crippen molar-refractivity contribution in [3.8, 4) is 0 Å². The number of aromatic nitrogens is 2. The number of nitrogens with one attached hydrogen (secondary N) is 2. The minimum atomic E-state index is -3.44. The number of nitrogens with zero attached hydrogens (tertiary/aromatic N) is 5. The van der Waals surface area contributed by atoms with E-state index in [-0.39, 0.29) is 0 Å². The Hall–Kier alpha value is -1.76. The van der Waals surface area contributed by atoms with Crippen LogP contribution in [0.4, 0.5) is 11.5 Å². The van der Waals surface area contributed by atoms with Crippen molar-refractivity contribution < 1.29 is 8.42 Å². The maximum Gasteiger partial charge on any atom is 0.291 e. The van der Waals surface area contributed by atoms with Gasteiger partial charge in [0.2, 0.25) is 0 Å². The molecule has 0 aliphatic carbocycles. The lowest BCUT2D eigenvalue weighted by Gasteiger charge is -2.35. The molecule has 0 radical (unpaired) electrons. The first-order valence-electron chi connectivity index (χ1n) is 8.97. The standard InChI is InChI=1S/C17H23N7O2S2/c1-22(2)28(25,26)21-24-9-7-23(8-10-24)12-13-3-4-15-14(11-13)20-16-17(27-15)19-6-5-18-16/h3-6,11,21H,7-10,12H2,1-2H3,(H,18,20). The van der Waals surface area contributed by atoms with E-state index in [0.717, 1.165) is 41.1 Å². The Morgan fingerprint density at radius 1 is 1.18 bits per heavy atom. The molecule has 0 bridgehead atoms. The predicted octanol–water partition coefficient (Wildman–Crippen LogP) is 1.11. The van der Waals surface area contributed by atoms with Crippen LogP contribution >= 0.6 is 11.8 Å². The summed E-state index contributed by atoms with van der Waals surface area (Å²) in [6, 6.07) is 6.40. The molecule has 0 spiro atoms. The number of anilines is 2. The molecule has 1 saturated heterocycles. The first-order valence-corrected chi connectivity index (χ1v) is 11.2. The Bertz CT molecular complexity index is 960. The van der Waals surface area contributed by atoms with Gasteiger partial charge < -0.3 is 5.32 Å². The van der Waals surface area contributed by atoms with Crippen molar-refractivity contribution in [1.29, 1.82) is 0 Å². The van der Waals surface area contributed by atoms with E-state index in [9.17, 15) is 8.42 Å². The molecule has 3 heterocycles. The predicted molar refractivity (Wildman–Crippen MR) is 108 cm³/mol.